The van der Waals surface area contributed by atoms with E-state index in [2.05, 4.69) is 15.3 Å². The Bertz CT molecular complexity index is 994. The molecule has 0 fully saturated rings. The molecule has 2 aromatic carbocycles. The first-order chi connectivity index (χ1) is 13.8. The van der Waals surface area contributed by atoms with Gasteiger partial charge in [0.2, 0.25) is 5.91 Å². The molecule has 0 aliphatic carbocycles. The maximum Gasteiger partial charge on any atom is 0.232 e. The lowest BCUT2D eigenvalue weighted by Gasteiger charge is -2.17. The second-order valence-electron chi connectivity index (χ2n) is 6.33. The van der Waals surface area contributed by atoms with E-state index in [1.54, 1.807) is 23.7 Å². The Morgan fingerprint density at radius 1 is 0.893 bits per heavy atom. The summed E-state index contributed by atoms with van der Waals surface area (Å²) < 4.78 is 0. The summed E-state index contributed by atoms with van der Waals surface area (Å²) in [5.41, 5.74) is 3.88. The van der Waals surface area contributed by atoms with E-state index in [1.807, 2.05) is 78.2 Å². The molecule has 0 saturated heterocycles. The molecular formula is C23H19N3OS. The van der Waals surface area contributed by atoms with Crippen LogP contribution < -0.4 is 5.32 Å². The Hall–Kier alpha value is -3.31. The number of rotatable bonds is 6. The molecule has 0 aliphatic heterocycles. The van der Waals surface area contributed by atoms with E-state index in [0.29, 0.717) is 6.54 Å². The fraction of sp³-hybridized carbons (Fsp3) is 0.0870. The summed E-state index contributed by atoms with van der Waals surface area (Å²) >= 11 is 1.54. The van der Waals surface area contributed by atoms with E-state index in [4.69, 9.17) is 0 Å². The van der Waals surface area contributed by atoms with Gasteiger partial charge in [0, 0.05) is 23.3 Å². The van der Waals surface area contributed by atoms with Crippen molar-refractivity contribution in [2.75, 3.05) is 0 Å². The van der Waals surface area contributed by atoms with Crippen LogP contribution in [0.3, 0.4) is 0 Å². The Kier molecular flexibility index (Phi) is 5.54. The van der Waals surface area contributed by atoms with Crippen LogP contribution >= 0.6 is 11.3 Å². The van der Waals surface area contributed by atoms with Crippen molar-refractivity contribution in [1.29, 1.82) is 0 Å². The molecule has 2 aromatic heterocycles. The maximum absolute atomic E-state index is 13.1. The Labute approximate surface area is 167 Å². The van der Waals surface area contributed by atoms with Crippen molar-refractivity contribution >= 4 is 17.2 Å². The third-order valence-electron chi connectivity index (χ3n) is 4.47. The van der Waals surface area contributed by atoms with Crippen LogP contribution in [0.1, 0.15) is 22.1 Å². The molecule has 0 bridgehead atoms. The van der Waals surface area contributed by atoms with Crippen LogP contribution in [-0.2, 0) is 11.3 Å². The first kappa shape index (κ1) is 18.1. The van der Waals surface area contributed by atoms with E-state index >= 15 is 0 Å². The molecule has 2 heterocycles. The van der Waals surface area contributed by atoms with Gasteiger partial charge >= 0.3 is 0 Å². The van der Waals surface area contributed by atoms with Crippen molar-refractivity contribution in [3.8, 4) is 11.3 Å². The van der Waals surface area contributed by atoms with E-state index < -0.39 is 0 Å². The largest absolute Gasteiger partial charge is 0.349 e. The zero-order chi connectivity index (χ0) is 19.2. The zero-order valence-corrected chi connectivity index (χ0v) is 16.0. The third kappa shape index (κ3) is 4.15. The fourth-order valence-electron chi connectivity index (χ4n) is 3.10. The summed E-state index contributed by atoms with van der Waals surface area (Å²) in [5, 5.41) is 5.94. The van der Waals surface area contributed by atoms with Crippen molar-refractivity contribution in [2.24, 2.45) is 0 Å². The number of nitrogens with one attached hydrogen (secondary N) is 1. The monoisotopic (exact) mass is 385 g/mol. The SMILES string of the molecule is O=C(NCc1nc(-c2ccncc2)cs1)C(c1ccccc1)c1ccccc1. The molecule has 1 amide bonds. The van der Waals surface area contributed by atoms with Crippen LogP contribution in [0.2, 0.25) is 0 Å². The molecule has 0 saturated carbocycles. The molecule has 0 atom stereocenters. The van der Waals surface area contributed by atoms with Crippen LogP contribution in [0, 0.1) is 0 Å². The van der Waals surface area contributed by atoms with Crippen molar-refractivity contribution in [1.82, 2.24) is 15.3 Å². The summed E-state index contributed by atoms with van der Waals surface area (Å²) in [5.74, 6) is -0.375. The summed E-state index contributed by atoms with van der Waals surface area (Å²) in [6.45, 7) is 0.407. The molecule has 28 heavy (non-hydrogen) atoms. The van der Waals surface area contributed by atoms with Gasteiger partial charge in [-0.3, -0.25) is 9.78 Å². The van der Waals surface area contributed by atoms with E-state index in [9.17, 15) is 4.79 Å². The highest BCUT2D eigenvalue weighted by atomic mass is 32.1. The quantitative estimate of drug-likeness (QED) is 0.525. The highest BCUT2D eigenvalue weighted by Crippen LogP contribution is 2.25. The first-order valence-electron chi connectivity index (χ1n) is 9.03. The molecule has 0 spiro atoms. The standard InChI is InChI=1S/C23H19N3OS/c27-23(22(18-7-3-1-4-8-18)19-9-5-2-6-10-19)25-15-21-26-20(16-28-21)17-11-13-24-14-12-17/h1-14,16,22H,15H2,(H,25,27). The van der Waals surface area contributed by atoms with Gasteiger partial charge in [0.15, 0.2) is 0 Å². The molecular weight excluding hydrogens is 366 g/mol. The number of carbonyl (C=O) groups excluding carboxylic acids is 1. The molecule has 5 heteroatoms. The van der Waals surface area contributed by atoms with Crippen molar-refractivity contribution in [2.45, 2.75) is 12.5 Å². The zero-order valence-electron chi connectivity index (χ0n) is 15.2. The molecule has 138 valence electrons. The van der Waals surface area contributed by atoms with E-state index in [1.165, 1.54) is 0 Å². The van der Waals surface area contributed by atoms with E-state index in [-0.39, 0.29) is 11.8 Å². The topological polar surface area (TPSA) is 54.9 Å². The number of amides is 1. The van der Waals surface area contributed by atoms with Crippen LogP contribution in [0.5, 0.6) is 0 Å². The van der Waals surface area contributed by atoms with E-state index in [0.717, 1.165) is 27.4 Å². The van der Waals surface area contributed by atoms with Crippen LogP contribution in [0.15, 0.2) is 90.6 Å². The second-order valence-corrected chi connectivity index (χ2v) is 7.28. The molecule has 0 aliphatic rings. The van der Waals surface area contributed by atoms with Crippen molar-refractivity contribution < 1.29 is 4.79 Å². The van der Waals surface area contributed by atoms with Gasteiger partial charge in [-0.2, -0.15) is 0 Å². The number of aromatic nitrogens is 2. The minimum atomic E-state index is -0.345. The van der Waals surface area contributed by atoms with Crippen LogP contribution in [0.25, 0.3) is 11.3 Å². The number of benzene rings is 2. The molecule has 0 unspecified atom stereocenters. The number of thiazole rings is 1. The van der Waals surface area contributed by atoms with Crippen molar-refractivity contribution in [3.63, 3.8) is 0 Å². The van der Waals surface area contributed by atoms with Gasteiger partial charge in [-0.05, 0) is 23.3 Å². The number of carbonyl (C=O) groups is 1. The minimum absolute atomic E-state index is 0.0296. The molecule has 4 aromatic rings. The Balaban J connectivity index is 1.50. The third-order valence-corrected chi connectivity index (χ3v) is 5.32. The van der Waals surface area contributed by atoms with Gasteiger partial charge < -0.3 is 5.32 Å². The number of pyridine rings is 1. The van der Waals surface area contributed by atoms with Gasteiger partial charge in [-0.25, -0.2) is 4.98 Å². The Morgan fingerprint density at radius 2 is 1.50 bits per heavy atom. The number of hydrogen-bond acceptors (Lipinski definition) is 4. The smallest absolute Gasteiger partial charge is 0.232 e. The summed E-state index contributed by atoms with van der Waals surface area (Å²) in [6, 6.07) is 23.6. The first-order valence-corrected chi connectivity index (χ1v) is 9.91. The predicted octanol–water partition coefficient (Wildman–Crippen LogP) is 4.65. The van der Waals surface area contributed by atoms with Gasteiger partial charge in [0.25, 0.3) is 0 Å². The van der Waals surface area contributed by atoms with Crippen LogP contribution in [-0.4, -0.2) is 15.9 Å². The Morgan fingerprint density at radius 3 is 2.11 bits per heavy atom. The minimum Gasteiger partial charge on any atom is -0.349 e. The number of nitrogens with zero attached hydrogens (tertiary/aromatic N) is 2. The maximum atomic E-state index is 13.1. The lowest BCUT2D eigenvalue weighted by atomic mass is 9.90. The normalized spacial score (nSPS) is 10.8. The lowest BCUT2D eigenvalue weighted by Crippen LogP contribution is -2.29. The molecule has 1 N–H and O–H groups in total. The average Bonchev–Trinajstić information content (AvgIpc) is 3.24. The van der Waals surface area contributed by atoms with Gasteiger partial charge in [0.1, 0.15) is 5.01 Å². The van der Waals surface area contributed by atoms with Gasteiger partial charge in [-0.1, -0.05) is 60.7 Å². The second kappa shape index (κ2) is 8.59. The molecule has 0 radical (unpaired) electrons. The van der Waals surface area contributed by atoms with Crippen molar-refractivity contribution in [3.05, 3.63) is 107 Å². The van der Waals surface area contributed by atoms with Gasteiger partial charge in [-0.15, -0.1) is 11.3 Å². The fourth-order valence-corrected chi connectivity index (χ4v) is 3.84. The molecule has 4 nitrogen and oxygen atoms in total. The summed E-state index contributed by atoms with van der Waals surface area (Å²) in [6.07, 6.45) is 3.50. The molecule has 4 rings (SSSR count). The number of hydrogen-bond donors (Lipinski definition) is 1. The highest BCUT2D eigenvalue weighted by Gasteiger charge is 2.22. The summed E-state index contributed by atoms with van der Waals surface area (Å²) in [4.78, 5) is 21.7. The lowest BCUT2D eigenvalue weighted by molar-refractivity contribution is -0.121. The summed E-state index contributed by atoms with van der Waals surface area (Å²) in [7, 11) is 0. The predicted molar refractivity (Wildman–Crippen MR) is 112 cm³/mol. The average molecular weight is 385 g/mol. The van der Waals surface area contributed by atoms with Crippen LogP contribution in [0.4, 0.5) is 0 Å². The van der Waals surface area contributed by atoms with Gasteiger partial charge in [0.05, 0.1) is 18.2 Å². The highest BCUT2D eigenvalue weighted by molar-refractivity contribution is 7.09.